The molecule has 3 aromatic rings. The average Bonchev–Trinajstić information content (AvgIpc) is 3.15. The van der Waals surface area contributed by atoms with Gasteiger partial charge in [0.2, 0.25) is 0 Å². The molecule has 0 aliphatic carbocycles. The van der Waals surface area contributed by atoms with Crippen LogP contribution in [-0.2, 0) is 4.74 Å². The van der Waals surface area contributed by atoms with Crippen molar-refractivity contribution in [3.63, 3.8) is 0 Å². The molecule has 0 unspecified atom stereocenters. The summed E-state index contributed by atoms with van der Waals surface area (Å²) in [6.45, 7) is 0. The standard InChI is InChI=1S/C20H19N3O5S/c1-26-13-9-10-14(15(11-13)27-2)17(24)22-18-16(12-7-5-4-6-8-12)21-19(29-18)23-20(25)28-3/h4-11H,1-3H3,(H,22,24)(H,21,23,25). The van der Waals surface area contributed by atoms with Crippen molar-refractivity contribution < 1.29 is 23.8 Å². The third-order valence-corrected chi connectivity index (χ3v) is 4.84. The first-order valence-corrected chi connectivity index (χ1v) is 9.32. The van der Waals surface area contributed by atoms with Crippen molar-refractivity contribution in [2.75, 3.05) is 32.0 Å². The molecule has 3 rings (SSSR count). The van der Waals surface area contributed by atoms with Crippen LogP contribution in [0.25, 0.3) is 11.3 Å². The monoisotopic (exact) mass is 413 g/mol. The summed E-state index contributed by atoms with van der Waals surface area (Å²) >= 11 is 1.12. The number of nitrogens with one attached hydrogen (secondary N) is 2. The van der Waals surface area contributed by atoms with Gasteiger partial charge in [-0.25, -0.2) is 9.78 Å². The minimum absolute atomic E-state index is 0.299. The van der Waals surface area contributed by atoms with Gasteiger partial charge < -0.3 is 19.5 Å². The summed E-state index contributed by atoms with van der Waals surface area (Å²) in [5, 5.41) is 6.16. The van der Waals surface area contributed by atoms with Crippen LogP contribution in [0.1, 0.15) is 10.4 Å². The third kappa shape index (κ3) is 4.64. The summed E-state index contributed by atoms with van der Waals surface area (Å²) in [6.07, 6.45) is -0.645. The van der Waals surface area contributed by atoms with Crippen LogP contribution in [0.15, 0.2) is 48.5 Å². The maximum atomic E-state index is 12.9. The molecule has 0 atom stereocenters. The van der Waals surface area contributed by atoms with Gasteiger partial charge in [0.25, 0.3) is 5.91 Å². The molecule has 0 radical (unpaired) electrons. The van der Waals surface area contributed by atoms with Crippen molar-refractivity contribution >= 4 is 33.5 Å². The number of methoxy groups -OCH3 is 3. The van der Waals surface area contributed by atoms with Gasteiger partial charge in [-0.15, -0.1) is 0 Å². The Balaban J connectivity index is 1.95. The smallest absolute Gasteiger partial charge is 0.413 e. The zero-order valence-corrected chi connectivity index (χ0v) is 16.8. The van der Waals surface area contributed by atoms with Crippen molar-refractivity contribution in [2.45, 2.75) is 0 Å². The quantitative estimate of drug-likeness (QED) is 0.627. The Bertz CT molecular complexity index is 1020. The van der Waals surface area contributed by atoms with Gasteiger partial charge in [0, 0.05) is 11.6 Å². The normalized spacial score (nSPS) is 10.2. The minimum Gasteiger partial charge on any atom is -0.497 e. The first-order valence-electron chi connectivity index (χ1n) is 8.50. The lowest BCUT2D eigenvalue weighted by Crippen LogP contribution is -2.13. The number of rotatable bonds is 6. The molecular weight excluding hydrogens is 394 g/mol. The number of anilines is 2. The number of benzene rings is 2. The van der Waals surface area contributed by atoms with Crippen molar-refractivity contribution in [2.24, 2.45) is 0 Å². The Morgan fingerprint density at radius 2 is 1.72 bits per heavy atom. The number of amides is 2. The minimum atomic E-state index is -0.645. The van der Waals surface area contributed by atoms with Crippen molar-refractivity contribution in [3.8, 4) is 22.8 Å². The molecule has 2 aromatic carbocycles. The zero-order chi connectivity index (χ0) is 20.8. The van der Waals surface area contributed by atoms with E-state index in [-0.39, 0.29) is 5.91 Å². The first kappa shape index (κ1) is 20.2. The fourth-order valence-corrected chi connectivity index (χ4v) is 3.41. The molecule has 150 valence electrons. The van der Waals surface area contributed by atoms with E-state index < -0.39 is 6.09 Å². The predicted molar refractivity (Wildman–Crippen MR) is 111 cm³/mol. The van der Waals surface area contributed by atoms with Gasteiger partial charge in [-0.3, -0.25) is 10.1 Å². The van der Waals surface area contributed by atoms with E-state index in [1.807, 2.05) is 30.3 Å². The molecule has 29 heavy (non-hydrogen) atoms. The first-order chi connectivity index (χ1) is 14.0. The molecule has 2 amide bonds. The second kappa shape index (κ2) is 9.07. The fourth-order valence-electron chi connectivity index (χ4n) is 2.54. The highest BCUT2D eigenvalue weighted by atomic mass is 32.1. The third-order valence-electron chi connectivity index (χ3n) is 3.95. The lowest BCUT2D eigenvalue weighted by molar-refractivity contribution is 0.102. The van der Waals surface area contributed by atoms with Crippen LogP contribution in [0.4, 0.5) is 14.9 Å². The highest BCUT2D eigenvalue weighted by Gasteiger charge is 2.20. The lowest BCUT2D eigenvalue weighted by Gasteiger charge is -2.10. The number of nitrogens with zero attached hydrogens (tertiary/aromatic N) is 1. The van der Waals surface area contributed by atoms with Crippen LogP contribution in [0.5, 0.6) is 11.5 Å². The summed E-state index contributed by atoms with van der Waals surface area (Å²) in [5.74, 6) is 0.571. The molecule has 0 spiro atoms. The van der Waals surface area contributed by atoms with Crippen molar-refractivity contribution in [1.29, 1.82) is 0 Å². The van der Waals surface area contributed by atoms with E-state index in [9.17, 15) is 9.59 Å². The summed E-state index contributed by atoms with van der Waals surface area (Å²) in [4.78, 5) is 28.9. The highest BCUT2D eigenvalue weighted by Crippen LogP contribution is 2.37. The molecule has 1 aromatic heterocycles. The molecule has 0 fully saturated rings. The van der Waals surface area contributed by atoms with Gasteiger partial charge in [0.15, 0.2) is 5.13 Å². The number of hydrogen-bond donors (Lipinski definition) is 2. The van der Waals surface area contributed by atoms with Gasteiger partial charge in [-0.1, -0.05) is 41.7 Å². The molecule has 2 N–H and O–H groups in total. The molecule has 1 heterocycles. The van der Waals surface area contributed by atoms with Crippen LogP contribution in [0, 0.1) is 0 Å². The Morgan fingerprint density at radius 1 is 0.966 bits per heavy atom. The van der Waals surface area contributed by atoms with E-state index >= 15 is 0 Å². The van der Waals surface area contributed by atoms with E-state index in [1.165, 1.54) is 21.3 Å². The van der Waals surface area contributed by atoms with Gasteiger partial charge >= 0.3 is 6.09 Å². The van der Waals surface area contributed by atoms with E-state index in [1.54, 1.807) is 18.2 Å². The number of carbonyl (C=O) groups is 2. The SMILES string of the molecule is COC(=O)Nc1nc(-c2ccccc2)c(NC(=O)c2ccc(OC)cc2OC)s1. The summed E-state index contributed by atoms with van der Waals surface area (Å²) in [5.41, 5.74) is 1.66. The molecule has 0 aliphatic heterocycles. The number of ether oxygens (including phenoxy) is 3. The maximum Gasteiger partial charge on any atom is 0.413 e. The van der Waals surface area contributed by atoms with Crippen molar-refractivity contribution in [1.82, 2.24) is 4.98 Å². The number of aromatic nitrogens is 1. The predicted octanol–water partition coefficient (Wildman–Crippen LogP) is 4.26. The molecule has 9 heteroatoms. The number of carbonyl (C=O) groups excluding carboxylic acids is 2. The van der Waals surface area contributed by atoms with Crippen LogP contribution in [0.3, 0.4) is 0 Å². The van der Waals surface area contributed by atoms with Gasteiger partial charge in [0.05, 0.1) is 26.9 Å². The number of thiazole rings is 1. The Labute approximate surface area is 171 Å². The van der Waals surface area contributed by atoms with Gasteiger partial charge in [-0.05, 0) is 12.1 Å². The highest BCUT2D eigenvalue weighted by molar-refractivity contribution is 7.20. The lowest BCUT2D eigenvalue weighted by atomic mass is 10.1. The van der Waals surface area contributed by atoms with Crippen LogP contribution in [0.2, 0.25) is 0 Å². The average molecular weight is 413 g/mol. The molecule has 0 aliphatic rings. The summed E-state index contributed by atoms with van der Waals surface area (Å²) in [7, 11) is 4.28. The van der Waals surface area contributed by atoms with Crippen LogP contribution >= 0.6 is 11.3 Å². The molecule has 0 saturated carbocycles. The number of hydrogen-bond acceptors (Lipinski definition) is 7. The van der Waals surface area contributed by atoms with Gasteiger partial charge in [0.1, 0.15) is 22.2 Å². The zero-order valence-electron chi connectivity index (χ0n) is 16.0. The second-order valence-corrected chi connectivity index (χ2v) is 6.70. The Kier molecular flexibility index (Phi) is 6.30. The summed E-state index contributed by atoms with van der Waals surface area (Å²) in [6, 6.07) is 14.2. The molecular formula is C20H19N3O5S. The molecule has 8 nitrogen and oxygen atoms in total. The largest absolute Gasteiger partial charge is 0.497 e. The molecule has 0 bridgehead atoms. The van der Waals surface area contributed by atoms with Crippen LogP contribution < -0.4 is 20.1 Å². The van der Waals surface area contributed by atoms with Crippen LogP contribution in [-0.4, -0.2) is 38.3 Å². The van der Waals surface area contributed by atoms with E-state index in [0.717, 1.165) is 16.9 Å². The Hall–Kier alpha value is -3.59. The summed E-state index contributed by atoms with van der Waals surface area (Å²) < 4.78 is 15.1. The maximum absolute atomic E-state index is 12.9. The second-order valence-electron chi connectivity index (χ2n) is 5.70. The van der Waals surface area contributed by atoms with E-state index in [4.69, 9.17) is 9.47 Å². The van der Waals surface area contributed by atoms with E-state index in [0.29, 0.717) is 32.9 Å². The van der Waals surface area contributed by atoms with Gasteiger partial charge in [-0.2, -0.15) is 0 Å². The Morgan fingerprint density at radius 3 is 2.38 bits per heavy atom. The fraction of sp³-hybridized carbons (Fsp3) is 0.150. The molecule has 0 saturated heterocycles. The van der Waals surface area contributed by atoms with Crippen molar-refractivity contribution in [3.05, 3.63) is 54.1 Å². The van der Waals surface area contributed by atoms with E-state index in [2.05, 4.69) is 20.4 Å². The topological polar surface area (TPSA) is 98.8 Å².